The Bertz CT molecular complexity index is 959. The van der Waals surface area contributed by atoms with E-state index in [9.17, 15) is 13.2 Å². The van der Waals surface area contributed by atoms with Crippen molar-refractivity contribution in [2.24, 2.45) is 0 Å². The maximum atomic E-state index is 12.8. The lowest BCUT2D eigenvalue weighted by Crippen LogP contribution is -2.53. The second-order valence-corrected chi connectivity index (χ2v) is 9.63. The molecule has 1 heterocycles. The van der Waals surface area contributed by atoms with E-state index in [-0.39, 0.29) is 11.9 Å². The Labute approximate surface area is 173 Å². The fourth-order valence-electron chi connectivity index (χ4n) is 3.84. The molecule has 0 aromatic heterocycles. The third-order valence-electron chi connectivity index (χ3n) is 5.51. The molecule has 2 aromatic rings. The molecule has 156 valence electrons. The molecule has 0 aliphatic carbocycles. The number of aryl methyl sites for hydroxylation is 3. The Hall–Kier alpha value is -2.22. The van der Waals surface area contributed by atoms with Crippen LogP contribution in [0, 0.1) is 20.8 Å². The number of piperazine rings is 1. The van der Waals surface area contributed by atoms with E-state index in [4.69, 9.17) is 0 Å². The Morgan fingerprint density at radius 3 is 2.07 bits per heavy atom. The number of nitrogens with zero attached hydrogens (tertiary/aromatic N) is 2. The van der Waals surface area contributed by atoms with Gasteiger partial charge >= 0.3 is 0 Å². The van der Waals surface area contributed by atoms with Crippen LogP contribution in [0.2, 0.25) is 0 Å². The minimum absolute atomic E-state index is 0.0700. The fourth-order valence-corrected chi connectivity index (χ4v) is 5.29. The van der Waals surface area contributed by atoms with E-state index in [0.29, 0.717) is 31.1 Å². The van der Waals surface area contributed by atoms with E-state index in [1.54, 1.807) is 30.3 Å². The zero-order valence-corrected chi connectivity index (χ0v) is 18.3. The predicted octanol–water partition coefficient (Wildman–Crippen LogP) is 2.95. The largest absolute Gasteiger partial charge is 0.324 e. The lowest BCUT2D eigenvalue weighted by Gasteiger charge is -2.36. The van der Waals surface area contributed by atoms with Gasteiger partial charge in [0.1, 0.15) is 0 Å². The van der Waals surface area contributed by atoms with E-state index in [0.717, 1.165) is 16.8 Å². The molecular weight excluding hydrogens is 386 g/mol. The maximum absolute atomic E-state index is 12.8. The molecule has 1 atom stereocenters. The Balaban J connectivity index is 1.63. The van der Waals surface area contributed by atoms with Crippen LogP contribution in [0.15, 0.2) is 47.4 Å². The van der Waals surface area contributed by atoms with Gasteiger partial charge in [-0.05, 0) is 51.0 Å². The molecule has 1 aliphatic heterocycles. The first-order valence-electron chi connectivity index (χ1n) is 9.88. The van der Waals surface area contributed by atoms with Crippen molar-refractivity contribution in [1.82, 2.24) is 9.21 Å². The van der Waals surface area contributed by atoms with E-state index in [1.165, 1.54) is 9.87 Å². The van der Waals surface area contributed by atoms with Gasteiger partial charge < -0.3 is 5.32 Å². The third kappa shape index (κ3) is 4.69. The highest BCUT2D eigenvalue weighted by Crippen LogP contribution is 2.23. The van der Waals surface area contributed by atoms with Gasteiger partial charge in [-0.2, -0.15) is 4.31 Å². The van der Waals surface area contributed by atoms with Gasteiger partial charge in [-0.3, -0.25) is 9.69 Å². The normalized spacial score (nSPS) is 17.1. The summed E-state index contributed by atoms with van der Waals surface area (Å²) in [5.74, 6) is -0.0700. The molecule has 0 radical (unpaired) electrons. The second-order valence-electron chi connectivity index (χ2n) is 7.69. The van der Waals surface area contributed by atoms with Crippen molar-refractivity contribution in [3.63, 3.8) is 0 Å². The van der Waals surface area contributed by atoms with Gasteiger partial charge in [0.25, 0.3) is 0 Å². The standard InChI is InChI=1S/C22H29N3O3S/c1-16-14-17(2)21(18(3)15-16)23-22(26)19(4)24-10-12-25(13-11-24)29(27,28)20-8-6-5-7-9-20/h5-9,14-15,19H,10-13H2,1-4H3,(H,23,26)/t19-/m1/s1. The summed E-state index contributed by atoms with van der Waals surface area (Å²) in [5.41, 5.74) is 4.11. The van der Waals surface area contributed by atoms with Gasteiger partial charge in [-0.15, -0.1) is 0 Å². The number of rotatable bonds is 5. The van der Waals surface area contributed by atoms with Crippen molar-refractivity contribution < 1.29 is 13.2 Å². The monoisotopic (exact) mass is 415 g/mol. The third-order valence-corrected chi connectivity index (χ3v) is 7.42. The predicted molar refractivity (Wildman–Crippen MR) is 116 cm³/mol. The van der Waals surface area contributed by atoms with Crippen molar-refractivity contribution in [3.8, 4) is 0 Å². The van der Waals surface area contributed by atoms with Crippen LogP contribution in [0.3, 0.4) is 0 Å². The highest BCUT2D eigenvalue weighted by Gasteiger charge is 2.31. The summed E-state index contributed by atoms with van der Waals surface area (Å²) in [6.07, 6.45) is 0. The lowest BCUT2D eigenvalue weighted by molar-refractivity contribution is -0.121. The van der Waals surface area contributed by atoms with E-state index < -0.39 is 10.0 Å². The summed E-state index contributed by atoms with van der Waals surface area (Å²) in [5, 5.41) is 3.06. The fraction of sp³-hybridized carbons (Fsp3) is 0.409. The molecule has 1 saturated heterocycles. The van der Waals surface area contributed by atoms with Crippen LogP contribution in [0.5, 0.6) is 0 Å². The van der Waals surface area contributed by atoms with Crippen molar-refractivity contribution in [2.75, 3.05) is 31.5 Å². The number of hydrogen-bond donors (Lipinski definition) is 1. The number of amides is 1. The highest BCUT2D eigenvalue weighted by atomic mass is 32.2. The first kappa shape index (κ1) is 21.5. The number of nitrogens with one attached hydrogen (secondary N) is 1. The summed E-state index contributed by atoms with van der Waals surface area (Å²) in [6, 6.07) is 12.3. The summed E-state index contributed by atoms with van der Waals surface area (Å²) in [4.78, 5) is 15.2. The van der Waals surface area contributed by atoms with Crippen LogP contribution in [0.25, 0.3) is 0 Å². The molecule has 2 aromatic carbocycles. The second kappa shape index (κ2) is 8.65. The summed E-state index contributed by atoms with van der Waals surface area (Å²) < 4.78 is 27.0. The average molecular weight is 416 g/mol. The summed E-state index contributed by atoms with van der Waals surface area (Å²) >= 11 is 0. The molecule has 6 nitrogen and oxygen atoms in total. The first-order chi connectivity index (χ1) is 13.7. The average Bonchev–Trinajstić information content (AvgIpc) is 2.70. The van der Waals surface area contributed by atoms with E-state index in [2.05, 4.69) is 17.4 Å². The first-order valence-corrected chi connectivity index (χ1v) is 11.3. The zero-order chi connectivity index (χ0) is 21.2. The molecular formula is C22H29N3O3S. The Morgan fingerprint density at radius 2 is 1.52 bits per heavy atom. The van der Waals surface area contributed by atoms with Gasteiger partial charge in [0, 0.05) is 31.9 Å². The van der Waals surface area contributed by atoms with Gasteiger partial charge in [-0.25, -0.2) is 8.42 Å². The van der Waals surface area contributed by atoms with Crippen LogP contribution in [-0.2, 0) is 14.8 Å². The molecule has 0 spiro atoms. The lowest BCUT2D eigenvalue weighted by atomic mass is 10.0. The minimum Gasteiger partial charge on any atom is -0.324 e. The van der Waals surface area contributed by atoms with E-state index in [1.807, 2.05) is 32.6 Å². The molecule has 0 saturated carbocycles. The molecule has 1 fully saturated rings. The van der Waals surface area contributed by atoms with Gasteiger partial charge in [0.05, 0.1) is 10.9 Å². The van der Waals surface area contributed by atoms with Crippen LogP contribution in [0.1, 0.15) is 23.6 Å². The summed E-state index contributed by atoms with van der Waals surface area (Å²) in [6.45, 7) is 9.68. The van der Waals surface area contributed by atoms with Gasteiger partial charge in [0.2, 0.25) is 15.9 Å². The molecule has 1 amide bonds. The Kier molecular flexibility index (Phi) is 6.41. The summed E-state index contributed by atoms with van der Waals surface area (Å²) in [7, 11) is -3.49. The van der Waals surface area contributed by atoms with Crippen molar-refractivity contribution >= 4 is 21.6 Å². The van der Waals surface area contributed by atoms with Crippen molar-refractivity contribution in [1.29, 1.82) is 0 Å². The minimum atomic E-state index is -3.49. The SMILES string of the molecule is Cc1cc(C)c(NC(=O)[C@@H](C)N2CCN(S(=O)(=O)c3ccccc3)CC2)c(C)c1. The number of benzene rings is 2. The maximum Gasteiger partial charge on any atom is 0.243 e. The molecule has 0 unspecified atom stereocenters. The smallest absolute Gasteiger partial charge is 0.243 e. The molecule has 3 rings (SSSR count). The quantitative estimate of drug-likeness (QED) is 0.815. The molecule has 1 aliphatic rings. The number of carbonyl (C=O) groups is 1. The topological polar surface area (TPSA) is 69.7 Å². The Morgan fingerprint density at radius 1 is 0.966 bits per heavy atom. The molecule has 1 N–H and O–H groups in total. The molecule has 7 heteroatoms. The van der Waals surface area contributed by atoms with Crippen LogP contribution in [0.4, 0.5) is 5.69 Å². The van der Waals surface area contributed by atoms with Crippen LogP contribution in [-0.4, -0.2) is 55.8 Å². The van der Waals surface area contributed by atoms with Crippen molar-refractivity contribution in [3.05, 3.63) is 59.2 Å². The number of hydrogen-bond acceptors (Lipinski definition) is 4. The zero-order valence-electron chi connectivity index (χ0n) is 17.5. The number of carbonyl (C=O) groups excluding carboxylic acids is 1. The number of sulfonamides is 1. The van der Waals surface area contributed by atoms with Gasteiger partial charge in [-0.1, -0.05) is 35.9 Å². The highest BCUT2D eigenvalue weighted by molar-refractivity contribution is 7.89. The van der Waals surface area contributed by atoms with Crippen molar-refractivity contribution in [2.45, 2.75) is 38.6 Å². The van der Waals surface area contributed by atoms with Crippen LogP contribution < -0.4 is 5.32 Å². The molecule has 29 heavy (non-hydrogen) atoms. The van der Waals surface area contributed by atoms with Crippen LogP contribution >= 0.6 is 0 Å². The van der Waals surface area contributed by atoms with Gasteiger partial charge in [0.15, 0.2) is 0 Å². The number of anilines is 1. The van der Waals surface area contributed by atoms with E-state index >= 15 is 0 Å². The molecule has 0 bridgehead atoms.